The second-order valence-corrected chi connectivity index (χ2v) is 8.55. The van der Waals surface area contributed by atoms with Gasteiger partial charge < -0.3 is 19.5 Å². The molecule has 0 spiro atoms. The van der Waals surface area contributed by atoms with Gasteiger partial charge in [-0.1, -0.05) is 12.1 Å². The number of carbonyl (C=O) groups excluding carboxylic acids is 1. The summed E-state index contributed by atoms with van der Waals surface area (Å²) in [4.78, 5) is 22.0. The van der Waals surface area contributed by atoms with Crippen molar-refractivity contribution in [3.63, 3.8) is 0 Å². The van der Waals surface area contributed by atoms with Gasteiger partial charge >= 0.3 is 0 Å². The molecule has 8 nitrogen and oxygen atoms in total. The fourth-order valence-electron chi connectivity index (χ4n) is 4.82. The Balaban J connectivity index is 1.05. The minimum Gasteiger partial charge on any atom is -0.423 e. The summed E-state index contributed by atoms with van der Waals surface area (Å²) in [6, 6.07) is 11.2. The van der Waals surface area contributed by atoms with Crippen molar-refractivity contribution in [1.29, 1.82) is 0 Å². The van der Waals surface area contributed by atoms with Gasteiger partial charge in [0.25, 0.3) is 6.01 Å². The van der Waals surface area contributed by atoms with Crippen molar-refractivity contribution in [3.8, 4) is 0 Å². The van der Waals surface area contributed by atoms with Crippen molar-refractivity contribution >= 4 is 23.0 Å². The standard InChI is InChI=1S/C23H30N6O2/c30-22(24-11-17-29-12-3-10-25-29)18-6-13-27(14-7-18)19-8-15-28(16-9-19)23-26-20-4-1-2-5-21(20)31-23/h1-5,10,12,18-19H,6-9,11,13-17H2,(H,24,30). The van der Waals surface area contributed by atoms with Crippen LogP contribution in [0, 0.1) is 5.92 Å². The molecule has 1 aromatic carbocycles. The Bertz CT molecular complexity index is 952. The number of carbonyl (C=O) groups is 1. The van der Waals surface area contributed by atoms with Crippen LogP contribution in [0.1, 0.15) is 25.7 Å². The topological polar surface area (TPSA) is 79.4 Å². The van der Waals surface area contributed by atoms with Gasteiger partial charge in [0.05, 0.1) is 6.54 Å². The Morgan fingerprint density at radius 3 is 2.61 bits per heavy atom. The van der Waals surface area contributed by atoms with E-state index in [0.29, 0.717) is 12.6 Å². The van der Waals surface area contributed by atoms with E-state index in [2.05, 4.69) is 25.2 Å². The lowest BCUT2D eigenvalue weighted by Crippen LogP contribution is -2.49. The number of likely N-dealkylation sites (tertiary alicyclic amines) is 1. The molecule has 1 amide bonds. The molecule has 0 aliphatic carbocycles. The highest BCUT2D eigenvalue weighted by atomic mass is 16.4. The summed E-state index contributed by atoms with van der Waals surface area (Å²) < 4.78 is 7.78. The maximum atomic E-state index is 12.5. The smallest absolute Gasteiger partial charge is 0.298 e. The van der Waals surface area contributed by atoms with Crippen LogP contribution in [0.5, 0.6) is 0 Å². The first-order valence-electron chi connectivity index (χ1n) is 11.4. The second-order valence-electron chi connectivity index (χ2n) is 8.55. The number of piperidine rings is 2. The van der Waals surface area contributed by atoms with Gasteiger partial charge in [0.1, 0.15) is 5.52 Å². The van der Waals surface area contributed by atoms with E-state index in [4.69, 9.17) is 4.42 Å². The van der Waals surface area contributed by atoms with Gasteiger partial charge in [0, 0.05) is 44.0 Å². The third-order valence-corrected chi connectivity index (χ3v) is 6.63. The maximum Gasteiger partial charge on any atom is 0.298 e. The number of rotatable bonds is 6. The summed E-state index contributed by atoms with van der Waals surface area (Å²) in [5.74, 6) is 0.325. The third-order valence-electron chi connectivity index (χ3n) is 6.63. The summed E-state index contributed by atoms with van der Waals surface area (Å²) in [5.41, 5.74) is 1.77. The first-order valence-corrected chi connectivity index (χ1v) is 11.4. The van der Waals surface area contributed by atoms with Gasteiger partial charge in [0.2, 0.25) is 5.91 Å². The number of fused-ring (bicyclic) bond motifs is 1. The van der Waals surface area contributed by atoms with Crippen molar-refractivity contribution in [3.05, 3.63) is 42.7 Å². The fraction of sp³-hybridized carbons (Fsp3) is 0.522. The molecular formula is C23H30N6O2. The molecule has 1 N–H and O–H groups in total. The number of anilines is 1. The Hall–Kier alpha value is -2.87. The number of nitrogens with one attached hydrogen (secondary N) is 1. The van der Waals surface area contributed by atoms with Crippen molar-refractivity contribution in [2.24, 2.45) is 5.92 Å². The Labute approximate surface area is 182 Å². The molecule has 2 aromatic heterocycles. The minimum absolute atomic E-state index is 0.133. The summed E-state index contributed by atoms with van der Waals surface area (Å²) >= 11 is 0. The number of nitrogens with zero attached hydrogens (tertiary/aromatic N) is 5. The van der Waals surface area contributed by atoms with E-state index in [1.807, 2.05) is 41.2 Å². The highest BCUT2D eigenvalue weighted by molar-refractivity contribution is 5.78. The predicted molar refractivity (Wildman–Crippen MR) is 119 cm³/mol. The molecule has 0 atom stereocenters. The monoisotopic (exact) mass is 422 g/mol. The molecule has 5 rings (SSSR count). The average Bonchev–Trinajstić information content (AvgIpc) is 3.49. The van der Waals surface area contributed by atoms with E-state index in [-0.39, 0.29) is 11.8 Å². The van der Waals surface area contributed by atoms with E-state index in [0.717, 1.165) is 75.5 Å². The van der Waals surface area contributed by atoms with E-state index in [1.165, 1.54) is 0 Å². The van der Waals surface area contributed by atoms with Gasteiger partial charge in [-0.2, -0.15) is 10.1 Å². The van der Waals surface area contributed by atoms with E-state index < -0.39 is 0 Å². The van der Waals surface area contributed by atoms with Crippen LogP contribution in [0.3, 0.4) is 0 Å². The third kappa shape index (κ3) is 4.58. The van der Waals surface area contributed by atoms with Crippen molar-refractivity contribution in [2.45, 2.75) is 38.3 Å². The number of hydrogen-bond donors (Lipinski definition) is 1. The summed E-state index contributed by atoms with van der Waals surface area (Å²) in [6.45, 7) is 5.29. The van der Waals surface area contributed by atoms with Gasteiger partial charge in [-0.05, 0) is 57.0 Å². The largest absolute Gasteiger partial charge is 0.423 e. The molecule has 4 heterocycles. The first-order chi connectivity index (χ1) is 15.3. The number of para-hydroxylation sites is 2. The average molecular weight is 423 g/mol. The van der Waals surface area contributed by atoms with Gasteiger partial charge in [-0.15, -0.1) is 0 Å². The molecule has 0 unspecified atom stereocenters. The highest BCUT2D eigenvalue weighted by Crippen LogP contribution is 2.28. The minimum atomic E-state index is 0.133. The zero-order chi connectivity index (χ0) is 21.0. The van der Waals surface area contributed by atoms with Crippen molar-refractivity contribution in [1.82, 2.24) is 25.0 Å². The Morgan fingerprint density at radius 1 is 1.06 bits per heavy atom. The van der Waals surface area contributed by atoms with E-state index in [9.17, 15) is 4.79 Å². The van der Waals surface area contributed by atoms with Crippen LogP contribution in [0.2, 0.25) is 0 Å². The van der Waals surface area contributed by atoms with E-state index in [1.54, 1.807) is 6.20 Å². The molecule has 0 bridgehead atoms. The quantitative estimate of drug-likeness (QED) is 0.658. The first kappa shape index (κ1) is 20.1. The summed E-state index contributed by atoms with van der Waals surface area (Å²) in [7, 11) is 0. The zero-order valence-electron chi connectivity index (χ0n) is 17.8. The Kier molecular flexibility index (Phi) is 5.88. The van der Waals surface area contributed by atoms with Crippen LogP contribution in [0.25, 0.3) is 11.1 Å². The van der Waals surface area contributed by atoms with E-state index >= 15 is 0 Å². The van der Waals surface area contributed by atoms with Crippen molar-refractivity contribution in [2.75, 3.05) is 37.6 Å². The number of benzene rings is 1. The molecule has 0 saturated carbocycles. The normalized spacial score (nSPS) is 19.2. The molecule has 8 heteroatoms. The lowest BCUT2D eigenvalue weighted by molar-refractivity contribution is -0.126. The molecule has 2 aliphatic rings. The molecule has 31 heavy (non-hydrogen) atoms. The van der Waals surface area contributed by atoms with Crippen LogP contribution < -0.4 is 10.2 Å². The van der Waals surface area contributed by atoms with Crippen LogP contribution >= 0.6 is 0 Å². The maximum absolute atomic E-state index is 12.5. The molecule has 2 aliphatic heterocycles. The summed E-state index contributed by atoms with van der Waals surface area (Å²) in [6.07, 6.45) is 7.78. The second kappa shape index (κ2) is 9.09. The highest BCUT2D eigenvalue weighted by Gasteiger charge is 2.31. The van der Waals surface area contributed by atoms with Gasteiger partial charge in [-0.25, -0.2) is 0 Å². The van der Waals surface area contributed by atoms with Gasteiger partial charge in [0.15, 0.2) is 5.58 Å². The molecule has 2 fully saturated rings. The summed E-state index contributed by atoms with van der Waals surface area (Å²) in [5, 5.41) is 7.25. The number of oxazole rings is 1. The fourth-order valence-corrected chi connectivity index (χ4v) is 4.82. The molecule has 0 radical (unpaired) electrons. The zero-order valence-corrected chi connectivity index (χ0v) is 17.8. The van der Waals surface area contributed by atoms with Crippen LogP contribution in [0.4, 0.5) is 6.01 Å². The lowest BCUT2D eigenvalue weighted by atomic mass is 9.93. The number of amides is 1. The SMILES string of the molecule is O=C(NCCn1cccn1)C1CCN(C2CCN(c3nc4ccccc4o3)CC2)CC1. The van der Waals surface area contributed by atoms with Crippen LogP contribution in [-0.4, -0.2) is 64.3 Å². The van der Waals surface area contributed by atoms with Crippen LogP contribution in [0.15, 0.2) is 47.1 Å². The number of hydrogen-bond acceptors (Lipinski definition) is 6. The molecule has 2 saturated heterocycles. The Morgan fingerprint density at radius 2 is 1.87 bits per heavy atom. The molecule has 3 aromatic rings. The molecule has 164 valence electrons. The number of aromatic nitrogens is 3. The van der Waals surface area contributed by atoms with Crippen LogP contribution in [-0.2, 0) is 11.3 Å². The molecular weight excluding hydrogens is 392 g/mol. The van der Waals surface area contributed by atoms with Crippen molar-refractivity contribution < 1.29 is 9.21 Å². The van der Waals surface area contributed by atoms with Gasteiger partial charge in [-0.3, -0.25) is 9.48 Å². The predicted octanol–water partition coefficient (Wildman–Crippen LogP) is 2.52. The lowest BCUT2D eigenvalue weighted by Gasteiger charge is -2.41.